The second kappa shape index (κ2) is 7.64. The maximum atomic E-state index is 11.9. The molecule has 9 nitrogen and oxygen atoms in total. The van der Waals surface area contributed by atoms with Gasteiger partial charge in [0, 0.05) is 51.8 Å². The predicted molar refractivity (Wildman–Crippen MR) is 94.0 cm³/mol. The Hall–Kier alpha value is -2.42. The lowest BCUT2D eigenvalue weighted by Crippen LogP contribution is -2.52. The number of nitrogens with two attached hydrogens (primary N) is 2. The molecular weight excluding hydrogens is 322 g/mol. The summed E-state index contributed by atoms with van der Waals surface area (Å²) in [5, 5.41) is 0. The number of rotatable bonds is 4. The number of amides is 1. The van der Waals surface area contributed by atoms with Crippen molar-refractivity contribution in [2.45, 2.75) is 12.8 Å². The number of aromatic nitrogens is 2. The van der Waals surface area contributed by atoms with Gasteiger partial charge in [0.15, 0.2) is 5.96 Å². The summed E-state index contributed by atoms with van der Waals surface area (Å²) in [4.78, 5) is 29.0. The normalized spacial score (nSPS) is 21.2. The summed E-state index contributed by atoms with van der Waals surface area (Å²) in [7, 11) is 0. The first-order valence-electron chi connectivity index (χ1n) is 8.55. The van der Waals surface area contributed by atoms with Gasteiger partial charge < -0.3 is 26.0 Å². The fourth-order valence-electron chi connectivity index (χ4n) is 3.17. The quantitative estimate of drug-likeness (QED) is 0.539. The summed E-state index contributed by atoms with van der Waals surface area (Å²) in [6.45, 7) is 4.41. The van der Waals surface area contributed by atoms with Gasteiger partial charge in [-0.05, 0) is 18.9 Å². The molecule has 136 valence electrons. The highest BCUT2D eigenvalue weighted by Crippen LogP contribution is 2.30. The van der Waals surface area contributed by atoms with Crippen LogP contribution in [0, 0.1) is 5.41 Å². The molecule has 2 aliphatic heterocycles. The summed E-state index contributed by atoms with van der Waals surface area (Å²) in [6.07, 6.45) is 4.67. The molecule has 0 radical (unpaired) electrons. The van der Waals surface area contributed by atoms with E-state index in [2.05, 4.69) is 19.9 Å². The number of piperazine rings is 1. The number of primary amides is 1. The lowest BCUT2D eigenvalue weighted by molar-refractivity contribution is -0.132. The van der Waals surface area contributed by atoms with Gasteiger partial charge in [0.25, 0.3) is 0 Å². The minimum Gasteiger partial charge on any atom is -0.381 e. The molecule has 2 aliphatic rings. The zero-order valence-corrected chi connectivity index (χ0v) is 14.3. The van der Waals surface area contributed by atoms with Crippen LogP contribution in [-0.2, 0) is 9.53 Å². The lowest BCUT2D eigenvalue weighted by atomic mass is 9.79. The van der Waals surface area contributed by atoms with Gasteiger partial charge in [-0.15, -0.1) is 0 Å². The minimum absolute atomic E-state index is 0.319. The Balaban J connectivity index is 1.57. The third kappa shape index (κ3) is 3.98. The summed E-state index contributed by atoms with van der Waals surface area (Å²) in [5.74, 6) is 0.867. The van der Waals surface area contributed by atoms with Crippen LogP contribution < -0.4 is 16.4 Å². The van der Waals surface area contributed by atoms with E-state index >= 15 is 0 Å². The lowest BCUT2D eigenvalue weighted by Gasteiger charge is -2.36. The second-order valence-corrected chi connectivity index (χ2v) is 6.45. The van der Waals surface area contributed by atoms with Crippen LogP contribution in [0.3, 0.4) is 0 Å². The minimum atomic E-state index is -0.636. The molecule has 2 saturated heterocycles. The number of guanidine groups is 1. The van der Waals surface area contributed by atoms with Crippen molar-refractivity contribution in [1.29, 1.82) is 0 Å². The van der Waals surface area contributed by atoms with E-state index in [0.717, 1.165) is 32.1 Å². The zero-order valence-electron chi connectivity index (χ0n) is 14.3. The van der Waals surface area contributed by atoms with Crippen molar-refractivity contribution in [2.24, 2.45) is 21.9 Å². The fourth-order valence-corrected chi connectivity index (χ4v) is 3.17. The molecule has 9 heteroatoms. The SMILES string of the molecule is NC(=O)C1(CN=C(N)N2CCN(c3ncccn3)CC2)CCOCC1. The average molecular weight is 347 g/mol. The Morgan fingerprint density at radius 3 is 2.40 bits per heavy atom. The van der Waals surface area contributed by atoms with E-state index in [-0.39, 0.29) is 5.91 Å². The van der Waals surface area contributed by atoms with Crippen molar-refractivity contribution in [3.8, 4) is 0 Å². The number of carbonyl (C=O) groups is 1. The number of anilines is 1. The third-order valence-electron chi connectivity index (χ3n) is 4.95. The van der Waals surface area contributed by atoms with Crippen molar-refractivity contribution in [3.05, 3.63) is 18.5 Å². The number of carbonyl (C=O) groups excluding carboxylic acids is 1. The van der Waals surface area contributed by atoms with E-state index in [9.17, 15) is 4.79 Å². The maximum Gasteiger partial charge on any atom is 0.225 e. The smallest absolute Gasteiger partial charge is 0.225 e. The standard InChI is InChI=1S/C16H25N7O2/c17-13(24)16(2-10-25-11-3-16)12-21-14(18)22-6-8-23(9-7-22)15-19-4-1-5-20-15/h1,4-5H,2-3,6-12H2,(H2,17,24)(H2,18,21). The largest absolute Gasteiger partial charge is 0.381 e. The average Bonchev–Trinajstić information content (AvgIpc) is 2.67. The predicted octanol–water partition coefficient (Wildman–Crippen LogP) is -0.805. The molecule has 2 fully saturated rings. The molecule has 0 atom stereocenters. The van der Waals surface area contributed by atoms with Gasteiger partial charge in [-0.1, -0.05) is 0 Å². The van der Waals surface area contributed by atoms with Crippen LogP contribution in [-0.4, -0.2) is 72.7 Å². The van der Waals surface area contributed by atoms with Crippen LogP contribution in [0.5, 0.6) is 0 Å². The van der Waals surface area contributed by atoms with Crippen LogP contribution >= 0.6 is 0 Å². The molecule has 0 aliphatic carbocycles. The zero-order chi connectivity index (χ0) is 17.7. The number of hydrogen-bond acceptors (Lipinski definition) is 6. The summed E-state index contributed by atoms with van der Waals surface area (Å²) < 4.78 is 5.34. The van der Waals surface area contributed by atoms with Crippen molar-refractivity contribution < 1.29 is 9.53 Å². The van der Waals surface area contributed by atoms with Gasteiger partial charge in [-0.3, -0.25) is 9.79 Å². The maximum absolute atomic E-state index is 11.9. The molecule has 4 N–H and O–H groups in total. The molecule has 0 bridgehead atoms. The molecule has 25 heavy (non-hydrogen) atoms. The van der Waals surface area contributed by atoms with Crippen LogP contribution in [0.1, 0.15) is 12.8 Å². The van der Waals surface area contributed by atoms with Crippen molar-refractivity contribution in [1.82, 2.24) is 14.9 Å². The van der Waals surface area contributed by atoms with Crippen molar-refractivity contribution >= 4 is 17.8 Å². The van der Waals surface area contributed by atoms with E-state index in [0.29, 0.717) is 38.6 Å². The highest BCUT2D eigenvalue weighted by molar-refractivity contribution is 5.83. The van der Waals surface area contributed by atoms with Gasteiger partial charge in [0.2, 0.25) is 11.9 Å². The molecule has 0 saturated carbocycles. The van der Waals surface area contributed by atoms with E-state index in [4.69, 9.17) is 16.2 Å². The number of nitrogens with zero attached hydrogens (tertiary/aromatic N) is 5. The monoisotopic (exact) mass is 347 g/mol. The molecule has 0 aromatic carbocycles. The van der Waals surface area contributed by atoms with Gasteiger partial charge in [0.05, 0.1) is 12.0 Å². The highest BCUT2D eigenvalue weighted by atomic mass is 16.5. The summed E-state index contributed by atoms with van der Waals surface area (Å²) in [5.41, 5.74) is 11.1. The Labute approximate surface area is 147 Å². The summed E-state index contributed by atoms with van der Waals surface area (Å²) >= 11 is 0. The fraction of sp³-hybridized carbons (Fsp3) is 0.625. The van der Waals surface area contributed by atoms with E-state index in [1.165, 1.54) is 0 Å². The van der Waals surface area contributed by atoms with Gasteiger partial charge in [-0.25, -0.2) is 9.97 Å². The summed E-state index contributed by atoms with van der Waals surface area (Å²) in [6, 6.07) is 1.80. The number of ether oxygens (including phenoxy) is 1. The molecule has 3 heterocycles. The first-order valence-corrected chi connectivity index (χ1v) is 8.55. The van der Waals surface area contributed by atoms with Crippen LogP contribution in [0.2, 0.25) is 0 Å². The van der Waals surface area contributed by atoms with Crippen LogP contribution in [0.25, 0.3) is 0 Å². The highest BCUT2D eigenvalue weighted by Gasteiger charge is 2.38. The van der Waals surface area contributed by atoms with E-state index < -0.39 is 5.41 Å². The molecule has 1 amide bonds. The van der Waals surface area contributed by atoms with Crippen LogP contribution in [0.15, 0.2) is 23.5 Å². The first-order chi connectivity index (χ1) is 12.1. The second-order valence-electron chi connectivity index (χ2n) is 6.45. The molecule has 1 aromatic rings. The van der Waals surface area contributed by atoms with E-state index in [1.807, 2.05) is 4.90 Å². The Bertz CT molecular complexity index is 608. The topological polar surface area (TPSA) is 123 Å². The first kappa shape index (κ1) is 17.4. The number of hydrogen-bond donors (Lipinski definition) is 2. The van der Waals surface area contributed by atoms with Crippen LogP contribution in [0.4, 0.5) is 5.95 Å². The van der Waals surface area contributed by atoms with E-state index in [1.54, 1.807) is 18.5 Å². The Kier molecular flexibility index (Phi) is 5.32. The third-order valence-corrected chi connectivity index (χ3v) is 4.95. The van der Waals surface area contributed by atoms with Gasteiger partial charge in [-0.2, -0.15) is 0 Å². The molecular formula is C16H25N7O2. The Morgan fingerprint density at radius 2 is 1.80 bits per heavy atom. The molecule has 0 spiro atoms. The van der Waals surface area contributed by atoms with Gasteiger partial charge >= 0.3 is 0 Å². The van der Waals surface area contributed by atoms with Crippen molar-refractivity contribution in [3.63, 3.8) is 0 Å². The van der Waals surface area contributed by atoms with Gasteiger partial charge in [0.1, 0.15) is 0 Å². The Morgan fingerprint density at radius 1 is 1.16 bits per heavy atom. The molecule has 3 rings (SSSR count). The molecule has 0 unspecified atom stereocenters. The van der Waals surface area contributed by atoms with Crippen molar-refractivity contribution in [2.75, 3.05) is 50.8 Å². The molecule has 1 aromatic heterocycles. The number of aliphatic imine (C=N–C) groups is 1.